The van der Waals surface area contributed by atoms with Crippen LogP contribution in [0.1, 0.15) is 31.7 Å². The fourth-order valence-electron chi connectivity index (χ4n) is 1.44. The van der Waals surface area contributed by atoms with Gasteiger partial charge < -0.3 is 10.4 Å². The van der Waals surface area contributed by atoms with Crippen molar-refractivity contribution in [1.82, 2.24) is 4.98 Å². The standard InChI is InChI=1S/C12H14ClN3O2/c1-2-3-4-10(12(17)18)16-11-9(13)5-8(6-14)7-15-11/h5,7,10H,2-4H2,1H3,(H,15,16)(H,17,18)/t10-/m0/s1. The molecule has 0 saturated heterocycles. The summed E-state index contributed by atoms with van der Waals surface area (Å²) in [5.74, 6) is -0.648. The first-order chi connectivity index (χ1) is 8.58. The maximum Gasteiger partial charge on any atom is 0.326 e. The normalized spacial score (nSPS) is 11.6. The number of aliphatic carboxylic acids is 1. The maximum atomic E-state index is 11.1. The van der Waals surface area contributed by atoms with Gasteiger partial charge in [0.25, 0.3) is 0 Å². The van der Waals surface area contributed by atoms with Gasteiger partial charge in [-0.05, 0) is 12.5 Å². The molecule has 0 spiro atoms. The first kappa shape index (κ1) is 14.3. The number of unbranched alkanes of at least 4 members (excludes halogenated alkanes) is 1. The summed E-state index contributed by atoms with van der Waals surface area (Å²) in [6.07, 6.45) is 3.58. The minimum absolute atomic E-state index is 0.247. The van der Waals surface area contributed by atoms with Crippen LogP contribution in [0.3, 0.4) is 0 Å². The van der Waals surface area contributed by atoms with Gasteiger partial charge in [0.1, 0.15) is 17.9 Å². The van der Waals surface area contributed by atoms with Crippen molar-refractivity contribution in [1.29, 1.82) is 5.26 Å². The van der Waals surface area contributed by atoms with E-state index in [4.69, 9.17) is 22.0 Å². The minimum atomic E-state index is -0.939. The van der Waals surface area contributed by atoms with E-state index in [-0.39, 0.29) is 5.02 Å². The van der Waals surface area contributed by atoms with E-state index in [1.54, 1.807) is 0 Å². The molecule has 0 fully saturated rings. The van der Waals surface area contributed by atoms with Crippen LogP contribution in [-0.2, 0) is 4.79 Å². The van der Waals surface area contributed by atoms with Crippen LogP contribution in [0.25, 0.3) is 0 Å². The van der Waals surface area contributed by atoms with E-state index in [9.17, 15) is 4.79 Å². The van der Waals surface area contributed by atoms with Crippen LogP contribution >= 0.6 is 11.6 Å². The highest BCUT2D eigenvalue weighted by Gasteiger charge is 2.18. The summed E-state index contributed by atoms with van der Waals surface area (Å²) >= 11 is 5.92. The van der Waals surface area contributed by atoms with E-state index < -0.39 is 12.0 Å². The Balaban J connectivity index is 2.81. The van der Waals surface area contributed by atoms with Crippen molar-refractivity contribution < 1.29 is 9.90 Å². The van der Waals surface area contributed by atoms with E-state index in [0.29, 0.717) is 17.8 Å². The SMILES string of the molecule is CCCC[C@H](Nc1ncc(C#N)cc1Cl)C(=O)O. The molecular weight excluding hydrogens is 254 g/mol. The number of carboxylic acid groups (broad SMARTS) is 1. The van der Waals surface area contributed by atoms with Crippen LogP contribution in [-0.4, -0.2) is 22.1 Å². The molecule has 1 aromatic heterocycles. The van der Waals surface area contributed by atoms with Gasteiger partial charge in [-0.15, -0.1) is 0 Å². The molecule has 6 heteroatoms. The highest BCUT2D eigenvalue weighted by atomic mass is 35.5. The Morgan fingerprint density at radius 1 is 1.72 bits per heavy atom. The van der Waals surface area contributed by atoms with Crippen molar-refractivity contribution >= 4 is 23.4 Å². The highest BCUT2D eigenvalue weighted by molar-refractivity contribution is 6.33. The number of hydrogen-bond donors (Lipinski definition) is 2. The lowest BCUT2D eigenvalue weighted by atomic mass is 10.1. The van der Waals surface area contributed by atoms with Gasteiger partial charge in [0.2, 0.25) is 0 Å². The molecule has 1 heterocycles. The molecule has 0 aliphatic heterocycles. The van der Waals surface area contributed by atoms with E-state index in [1.807, 2.05) is 13.0 Å². The smallest absolute Gasteiger partial charge is 0.326 e. The molecule has 0 saturated carbocycles. The number of carbonyl (C=O) groups is 1. The zero-order chi connectivity index (χ0) is 13.5. The fraction of sp³-hybridized carbons (Fsp3) is 0.417. The zero-order valence-corrected chi connectivity index (χ0v) is 10.7. The number of pyridine rings is 1. The van der Waals surface area contributed by atoms with Crippen LogP contribution in [0.5, 0.6) is 0 Å². The Kier molecular flexibility index (Phi) is 5.40. The second kappa shape index (κ2) is 6.82. The summed E-state index contributed by atoms with van der Waals surface area (Å²) in [6.45, 7) is 1.99. The van der Waals surface area contributed by atoms with Crippen molar-refractivity contribution in [2.24, 2.45) is 0 Å². The summed E-state index contributed by atoms with van der Waals surface area (Å²) in [5.41, 5.74) is 0.339. The zero-order valence-electron chi connectivity index (χ0n) is 9.98. The van der Waals surface area contributed by atoms with Crippen LogP contribution in [0.2, 0.25) is 5.02 Å². The lowest BCUT2D eigenvalue weighted by molar-refractivity contribution is -0.138. The third kappa shape index (κ3) is 3.90. The molecular formula is C12H14ClN3O2. The van der Waals surface area contributed by atoms with E-state index in [0.717, 1.165) is 12.8 Å². The quantitative estimate of drug-likeness (QED) is 0.827. The Hall–Kier alpha value is -1.80. The molecule has 5 nitrogen and oxygen atoms in total. The van der Waals surface area contributed by atoms with Crippen LogP contribution in [0, 0.1) is 11.3 Å². The molecule has 18 heavy (non-hydrogen) atoms. The summed E-state index contributed by atoms with van der Waals surface area (Å²) < 4.78 is 0. The molecule has 0 unspecified atom stereocenters. The van der Waals surface area contributed by atoms with Gasteiger partial charge in [-0.2, -0.15) is 5.26 Å². The molecule has 0 amide bonds. The number of aromatic nitrogens is 1. The Labute approximate surface area is 110 Å². The molecule has 2 N–H and O–H groups in total. The van der Waals surface area contributed by atoms with Gasteiger partial charge in [0.05, 0.1) is 10.6 Å². The molecule has 1 rings (SSSR count). The molecule has 0 bridgehead atoms. The number of rotatable bonds is 6. The van der Waals surface area contributed by atoms with Gasteiger partial charge in [-0.3, -0.25) is 0 Å². The number of halogens is 1. The van der Waals surface area contributed by atoms with Crippen LogP contribution in [0.15, 0.2) is 12.3 Å². The third-order valence-corrected chi connectivity index (χ3v) is 2.71. The molecule has 0 aromatic carbocycles. The number of carboxylic acids is 1. The summed E-state index contributed by atoms with van der Waals surface area (Å²) in [5, 5.41) is 20.8. The second-order valence-corrected chi connectivity index (χ2v) is 4.25. The predicted octanol–water partition coefficient (Wildman–Crippen LogP) is 2.66. The van der Waals surface area contributed by atoms with E-state index in [1.165, 1.54) is 12.3 Å². The first-order valence-electron chi connectivity index (χ1n) is 5.63. The van der Waals surface area contributed by atoms with Crippen LogP contribution in [0.4, 0.5) is 5.82 Å². The molecule has 0 radical (unpaired) electrons. The summed E-state index contributed by atoms with van der Waals surface area (Å²) in [7, 11) is 0. The van der Waals surface area contributed by atoms with Crippen molar-refractivity contribution in [3.05, 3.63) is 22.8 Å². The average molecular weight is 268 g/mol. The van der Waals surface area contributed by atoms with E-state index in [2.05, 4.69) is 10.3 Å². The van der Waals surface area contributed by atoms with Crippen molar-refractivity contribution in [2.45, 2.75) is 32.2 Å². The Morgan fingerprint density at radius 3 is 2.94 bits per heavy atom. The number of hydrogen-bond acceptors (Lipinski definition) is 4. The summed E-state index contributed by atoms with van der Waals surface area (Å²) in [6, 6.07) is 2.65. The Bertz CT molecular complexity index is 471. The van der Waals surface area contributed by atoms with Crippen molar-refractivity contribution in [3.63, 3.8) is 0 Å². The predicted molar refractivity (Wildman–Crippen MR) is 68.5 cm³/mol. The number of nitrogens with zero attached hydrogens (tertiary/aromatic N) is 2. The highest BCUT2D eigenvalue weighted by Crippen LogP contribution is 2.21. The van der Waals surface area contributed by atoms with Gasteiger partial charge in [-0.25, -0.2) is 9.78 Å². The topological polar surface area (TPSA) is 86.0 Å². The lowest BCUT2D eigenvalue weighted by Crippen LogP contribution is -2.29. The third-order valence-electron chi connectivity index (χ3n) is 2.43. The van der Waals surface area contributed by atoms with Gasteiger partial charge in [0.15, 0.2) is 0 Å². The maximum absolute atomic E-state index is 11.1. The molecule has 1 aromatic rings. The van der Waals surface area contributed by atoms with Crippen LogP contribution < -0.4 is 5.32 Å². The van der Waals surface area contributed by atoms with E-state index >= 15 is 0 Å². The van der Waals surface area contributed by atoms with Crippen molar-refractivity contribution in [2.75, 3.05) is 5.32 Å². The Morgan fingerprint density at radius 2 is 2.44 bits per heavy atom. The first-order valence-corrected chi connectivity index (χ1v) is 6.01. The monoisotopic (exact) mass is 267 g/mol. The van der Waals surface area contributed by atoms with Gasteiger partial charge in [-0.1, -0.05) is 31.4 Å². The molecule has 96 valence electrons. The number of nitriles is 1. The average Bonchev–Trinajstić information content (AvgIpc) is 2.35. The lowest BCUT2D eigenvalue weighted by Gasteiger charge is -2.15. The minimum Gasteiger partial charge on any atom is -0.480 e. The summed E-state index contributed by atoms with van der Waals surface area (Å²) in [4.78, 5) is 15.0. The number of nitrogens with one attached hydrogen (secondary N) is 1. The number of anilines is 1. The van der Waals surface area contributed by atoms with Gasteiger partial charge in [0, 0.05) is 6.20 Å². The van der Waals surface area contributed by atoms with Crippen molar-refractivity contribution in [3.8, 4) is 6.07 Å². The molecule has 0 aliphatic rings. The van der Waals surface area contributed by atoms with Gasteiger partial charge >= 0.3 is 5.97 Å². The second-order valence-electron chi connectivity index (χ2n) is 3.84. The fourth-order valence-corrected chi connectivity index (χ4v) is 1.66. The molecule has 0 aliphatic carbocycles. The molecule has 1 atom stereocenters. The largest absolute Gasteiger partial charge is 0.480 e.